The van der Waals surface area contributed by atoms with Gasteiger partial charge in [-0.2, -0.15) is 4.99 Å². The molecule has 0 unspecified atom stereocenters. The molecule has 3 rings (SSSR count). The number of ether oxygens (including phenoxy) is 1. The van der Waals surface area contributed by atoms with Crippen molar-refractivity contribution in [1.82, 2.24) is 0 Å². The summed E-state index contributed by atoms with van der Waals surface area (Å²) in [5.41, 5.74) is 1.06. The SMILES string of the molecule is O=C=NC1(c2cccc(OCc3ccccc3)c2O)CC1. The second-order valence-corrected chi connectivity index (χ2v) is 5.16. The molecule has 4 heteroatoms. The predicted octanol–water partition coefficient (Wildman–Crippen LogP) is 3.30. The Bertz CT molecular complexity index is 686. The van der Waals surface area contributed by atoms with Gasteiger partial charge in [-0.05, 0) is 24.5 Å². The van der Waals surface area contributed by atoms with Crippen LogP contribution >= 0.6 is 0 Å². The largest absolute Gasteiger partial charge is 0.504 e. The fourth-order valence-electron chi connectivity index (χ4n) is 2.40. The zero-order chi connectivity index (χ0) is 14.7. The molecule has 0 radical (unpaired) electrons. The number of hydrogen-bond donors (Lipinski definition) is 1. The summed E-state index contributed by atoms with van der Waals surface area (Å²) in [5, 5.41) is 10.4. The van der Waals surface area contributed by atoms with E-state index < -0.39 is 5.54 Å². The molecule has 0 heterocycles. The van der Waals surface area contributed by atoms with E-state index >= 15 is 0 Å². The highest BCUT2D eigenvalue weighted by Crippen LogP contribution is 2.53. The first-order valence-electron chi connectivity index (χ1n) is 6.83. The van der Waals surface area contributed by atoms with Crippen molar-refractivity contribution < 1.29 is 14.6 Å². The van der Waals surface area contributed by atoms with Crippen LogP contribution in [0.1, 0.15) is 24.0 Å². The highest BCUT2D eigenvalue weighted by atomic mass is 16.5. The number of phenols is 1. The number of hydrogen-bond acceptors (Lipinski definition) is 4. The minimum atomic E-state index is -0.599. The molecule has 1 fully saturated rings. The molecular formula is C17H15NO3. The van der Waals surface area contributed by atoms with Crippen LogP contribution in [0, 0.1) is 0 Å². The summed E-state index contributed by atoms with van der Waals surface area (Å²) in [6.45, 7) is 0.377. The number of carbonyl (C=O) groups excluding carboxylic acids is 1. The first-order chi connectivity index (χ1) is 10.2. The number of nitrogens with zero attached hydrogens (tertiary/aromatic N) is 1. The second-order valence-electron chi connectivity index (χ2n) is 5.16. The van der Waals surface area contributed by atoms with Gasteiger partial charge in [0.15, 0.2) is 11.5 Å². The van der Waals surface area contributed by atoms with Crippen molar-refractivity contribution >= 4 is 6.08 Å². The molecule has 106 valence electrons. The standard InChI is InChI=1S/C17H15NO3/c19-12-18-17(9-10-17)14-7-4-8-15(16(14)20)21-11-13-5-2-1-3-6-13/h1-8,20H,9-11H2. The van der Waals surface area contributed by atoms with Gasteiger partial charge in [0.25, 0.3) is 0 Å². The van der Waals surface area contributed by atoms with Crippen molar-refractivity contribution in [2.45, 2.75) is 25.0 Å². The third-order valence-electron chi connectivity index (χ3n) is 3.72. The number of aromatic hydroxyl groups is 1. The van der Waals surface area contributed by atoms with E-state index in [1.165, 1.54) is 0 Å². The highest BCUT2D eigenvalue weighted by Gasteiger charge is 2.47. The Morgan fingerprint density at radius 1 is 1.14 bits per heavy atom. The molecule has 0 aliphatic heterocycles. The average molecular weight is 281 g/mol. The predicted molar refractivity (Wildman–Crippen MR) is 77.9 cm³/mol. The summed E-state index contributed by atoms with van der Waals surface area (Å²) in [5.74, 6) is 0.466. The van der Waals surface area contributed by atoms with Gasteiger partial charge in [-0.15, -0.1) is 0 Å². The van der Waals surface area contributed by atoms with Crippen LogP contribution in [-0.4, -0.2) is 11.2 Å². The molecule has 0 aromatic heterocycles. The fourth-order valence-corrected chi connectivity index (χ4v) is 2.40. The van der Waals surface area contributed by atoms with Gasteiger partial charge in [-0.25, -0.2) is 4.79 Å². The molecule has 1 N–H and O–H groups in total. The molecule has 4 nitrogen and oxygen atoms in total. The van der Waals surface area contributed by atoms with Crippen LogP contribution in [0.2, 0.25) is 0 Å². The van der Waals surface area contributed by atoms with E-state index in [1.54, 1.807) is 24.3 Å². The van der Waals surface area contributed by atoms with E-state index in [1.807, 2.05) is 30.3 Å². The lowest BCUT2D eigenvalue weighted by Gasteiger charge is -2.14. The molecule has 0 saturated heterocycles. The van der Waals surface area contributed by atoms with Gasteiger partial charge in [-0.3, -0.25) is 0 Å². The van der Waals surface area contributed by atoms with Crippen molar-refractivity contribution in [3.63, 3.8) is 0 Å². The number of phenolic OH excluding ortho intramolecular Hbond substituents is 1. The maximum absolute atomic E-state index is 10.5. The van der Waals surface area contributed by atoms with Crippen molar-refractivity contribution in [1.29, 1.82) is 0 Å². The third-order valence-corrected chi connectivity index (χ3v) is 3.72. The van der Waals surface area contributed by atoms with Crippen molar-refractivity contribution in [3.8, 4) is 11.5 Å². The van der Waals surface area contributed by atoms with Gasteiger partial charge in [0, 0.05) is 5.56 Å². The van der Waals surface area contributed by atoms with Crippen LogP contribution in [0.25, 0.3) is 0 Å². The minimum absolute atomic E-state index is 0.0601. The Morgan fingerprint density at radius 2 is 1.90 bits per heavy atom. The van der Waals surface area contributed by atoms with E-state index in [0.29, 0.717) is 17.9 Å². The molecule has 0 amide bonds. The van der Waals surface area contributed by atoms with Crippen LogP contribution in [0.4, 0.5) is 0 Å². The van der Waals surface area contributed by atoms with E-state index in [-0.39, 0.29) is 5.75 Å². The molecule has 1 aliphatic rings. The van der Waals surface area contributed by atoms with E-state index in [0.717, 1.165) is 18.4 Å². The van der Waals surface area contributed by atoms with Crippen LogP contribution in [0.15, 0.2) is 53.5 Å². The smallest absolute Gasteiger partial charge is 0.235 e. The maximum Gasteiger partial charge on any atom is 0.235 e. The number of para-hydroxylation sites is 1. The molecule has 1 saturated carbocycles. The number of aliphatic imine (C=N–C) groups is 1. The normalized spacial score (nSPS) is 15.0. The lowest BCUT2D eigenvalue weighted by atomic mass is 10.0. The van der Waals surface area contributed by atoms with Crippen LogP contribution < -0.4 is 4.74 Å². The highest BCUT2D eigenvalue weighted by molar-refractivity contribution is 5.53. The van der Waals surface area contributed by atoms with E-state index in [2.05, 4.69) is 4.99 Å². The summed E-state index contributed by atoms with van der Waals surface area (Å²) < 4.78 is 5.67. The van der Waals surface area contributed by atoms with Gasteiger partial charge in [0.1, 0.15) is 12.1 Å². The van der Waals surface area contributed by atoms with Crippen LogP contribution in [-0.2, 0) is 16.9 Å². The number of isocyanates is 1. The van der Waals surface area contributed by atoms with Crippen molar-refractivity contribution in [3.05, 3.63) is 59.7 Å². The molecule has 2 aromatic rings. The fraction of sp³-hybridized carbons (Fsp3) is 0.235. The molecule has 0 atom stereocenters. The summed E-state index contributed by atoms with van der Waals surface area (Å²) in [7, 11) is 0. The number of benzene rings is 2. The summed E-state index contributed by atoms with van der Waals surface area (Å²) >= 11 is 0. The van der Waals surface area contributed by atoms with Gasteiger partial charge >= 0.3 is 0 Å². The lowest BCUT2D eigenvalue weighted by Crippen LogP contribution is -2.04. The molecular weight excluding hydrogens is 266 g/mol. The van der Waals surface area contributed by atoms with Gasteiger partial charge in [-0.1, -0.05) is 42.5 Å². The van der Waals surface area contributed by atoms with Gasteiger partial charge in [0.05, 0.1) is 0 Å². The topological polar surface area (TPSA) is 58.9 Å². The van der Waals surface area contributed by atoms with Crippen molar-refractivity contribution in [2.24, 2.45) is 4.99 Å². The minimum Gasteiger partial charge on any atom is -0.504 e. The molecule has 0 spiro atoms. The average Bonchev–Trinajstić information content (AvgIpc) is 3.28. The Labute approximate surface area is 122 Å². The first kappa shape index (κ1) is 13.4. The van der Waals surface area contributed by atoms with Gasteiger partial charge in [0.2, 0.25) is 6.08 Å². The Kier molecular flexibility index (Phi) is 3.46. The lowest BCUT2D eigenvalue weighted by molar-refractivity contribution is 0.287. The van der Waals surface area contributed by atoms with E-state index in [9.17, 15) is 9.90 Å². The van der Waals surface area contributed by atoms with E-state index in [4.69, 9.17) is 4.74 Å². The van der Waals surface area contributed by atoms with Gasteiger partial charge < -0.3 is 9.84 Å². The zero-order valence-electron chi connectivity index (χ0n) is 11.5. The summed E-state index contributed by atoms with van der Waals surface area (Å²) in [4.78, 5) is 14.4. The Morgan fingerprint density at radius 3 is 2.57 bits per heavy atom. The molecule has 2 aromatic carbocycles. The van der Waals surface area contributed by atoms with Crippen LogP contribution in [0.3, 0.4) is 0 Å². The summed E-state index contributed by atoms with van der Waals surface area (Å²) in [6.07, 6.45) is 3.09. The van der Waals surface area contributed by atoms with Crippen LogP contribution in [0.5, 0.6) is 11.5 Å². The Balaban J connectivity index is 1.82. The molecule has 21 heavy (non-hydrogen) atoms. The molecule has 0 bridgehead atoms. The quantitative estimate of drug-likeness (QED) is 0.675. The zero-order valence-corrected chi connectivity index (χ0v) is 11.5. The summed E-state index contributed by atoms with van der Waals surface area (Å²) in [6, 6.07) is 15.0. The van der Waals surface area contributed by atoms with Crippen molar-refractivity contribution in [2.75, 3.05) is 0 Å². The second kappa shape index (κ2) is 5.43. The monoisotopic (exact) mass is 281 g/mol. The number of rotatable bonds is 5. The molecule has 1 aliphatic carbocycles. The maximum atomic E-state index is 10.5. The Hall–Kier alpha value is -2.58. The first-order valence-corrected chi connectivity index (χ1v) is 6.83. The third kappa shape index (κ3) is 2.67.